The van der Waals surface area contributed by atoms with Gasteiger partial charge in [0.1, 0.15) is 0 Å². The molecule has 0 spiro atoms. The molecule has 0 saturated heterocycles. The minimum Gasteiger partial charge on any atom is -0.383 e. The van der Waals surface area contributed by atoms with Crippen molar-refractivity contribution in [1.82, 2.24) is 0 Å². The van der Waals surface area contributed by atoms with E-state index in [0.717, 1.165) is 0 Å². The molecule has 1 atom stereocenters. The predicted octanol–water partition coefficient (Wildman–Crippen LogP) is 3.39. The summed E-state index contributed by atoms with van der Waals surface area (Å²) < 4.78 is 36.3. The number of alkyl halides is 3. The van der Waals surface area contributed by atoms with Gasteiger partial charge < -0.3 is 5.11 Å². The molecule has 1 unspecified atom stereocenters. The molecule has 1 N–H and O–H groups in total. The van der Waals surface area contributed by atoms with Crippen molar-refractivity contribution in [2.45, 2.75) is 18.7 Å². The molecule has 6 heteroatoms. The molecule has 1 aromatic rings. The molecule has 0 radical (unpaired) electrons. The average Bonchev–Trinajstić information content (AvgIpc) is 2.26. The number of halogens is 4. The number of Topliss-reactive ketones (excluding diaryl/α,β-unsaturated/α-hetero) is 1. The normalized spacial score (nSPS) is 13.2. The Labute approximate surface area is 107 Å². The summed E-state index contributed by atoms with van der Waals surface area (Å²) in [7, 11) is 0. The minimum atomic E-state index is -4.77. The summed E-state index contributed by atoms with van der Waals surface area (Å²) >= 11 is 5.66. The van der Waals surface area contributed by atoms with Gasteiger partial charge in [-0.3, -0.25) is 4.79 Å². The highest BCUT2D eigenvalue weighted by Crippen LogP contribution is 2.25. The third kappa shape index (κ3) is 3.85. The van der Waals surface area contributed by atoms with Crippen LogP contribution in [0.4, 0.5) is 13.2 Å². The van der Waals surface area contributed by atoms with E-state index in [1.165, 1.54) is 24.3 Å². The summed E-state index contributed by atoms with van der Waals surface area (Å²) in [6, 6.07) is 5.78. The van der Waals surface area contributed by atoms with Gasteiger partial charge in [-0.1, -0.05) is 30.3 Å². The van der Waals surface area contributed by atoms with Crippen LogP contribution in [0, 0.1) is 0 Å². The van der Waals surface area contributed by atoms with Crippen molar-refractivity contribution in [1.29, 1.82) is 0 Å². The van der Waals surface area contributed by atoms with Crippen LogP contribution < -0.4 is 0 Å². The van der Waals surface area contributed by atoms with Crippen molar-refractivity contribution in [3.05, 3.63) is 47.0 Å². The van der Waals surface area contributed by atoms with E-state index in [2.05, 4.69) is 6.58 Å². The molecule has 0 heterocycles. The standard InChI is InChI=1S/C12H10ClF3O2/c1-7(5-10(17)12(14,15)16)11(18)8-3-2-4-9(13)6-8/h2-4,6,10,17H,1,5H2. The van der Waals surface area contributed by atoms with E-state index in [9.17, 15) is 18.0 Å². The first-order chi connectivity index (χ1) is 8.21. The first-order valence-electron chi connectivity index (χ1n) is 4.94. The van der Waals surface area contributed by atoms with Gasteiger partial charge >= 0.3 is 6.18 Å². The van der Waals surface area contributed by atoms with E-state index < -0.39 is 24.5 Å². The zero-order valence-corrected chi connectivity index (χ0v) is 9.92. The van der Waals surface area contributed by atoms with Gasteiger partial charge in [0.15, 0.2) is 11.9 Å². The molecule has 0 bridgehead atoms. The Balaban J connectivity index is 2.77. The van der Waals surface area contributed by atoms with Crippen LogP contribution in [-0.4, -0.2) is 23.2 Å². The minimum absolute atomic E-state index is 0.141. The second-order valence-corrected chi connectivity index (χ2v) is 4.14. The Morgan fingerprint density at radius 2 is 2.06 bits per heavy atom. The number of aliphatic hydroxyl groups is 1. The van der Waals surface area contributed by atoms with Crippen molar-refractivity contribution in [2.75, 3.05) is 0 Å². The van der Waals surface area contributed by atoms with E-state index in [1.807, 2.05) is 0 Å². The van der Waals surface area contributed by atoms with Crippen molar-refractivity contribution < 1.29 is 23.1 Å². The van der Waals surface area contributed by atoms with Gasteiger partial charge in [-0.2, -0.15) is 13.2 Å². The molecule has 0 aliphatic rings. The average molecular weight is 279 g/mol. The molecular formula is C12H10ClF3O2. The Hall–Kier alpha value is -1.33. The maximum absolute atomic E-state index is 12.1. The predicted molar refractivity (Wildman–Crippen MR) is 61.6 cm³/mol. The SMILES string of the molecule is C=C(CC(O)C(F)(F)F)C(=O)c1cccc(Cl)c1. The third-order valence-corrected chi connectivity index (χ3v) is 2.46. The van der Waals surface area contributed by atoms with E-state index in [1.54, 1.807) is 0 Å². The lowest BCUT2D eigenvalue weighted by atomic mass is 10.00. The molecular weight excluding hydrogens is 269 g/mol. The summed E-state index contributed by atoms with van der Waals surface area (Å²) in [5.41, 5.74) is -0.177. The summed E-state index contributed by atoms with van der Waals surface area (Å²) in [6.07, 6.45) is -8.21. The summed E-state index contributed by atoms with van der Waals surface area (Å²) in [5, 5.41) is 9.14. The number of carbonyl (C=O) groups excluding carboxylic acids is 1. The smallest absolute Gasteiger partial charge is 0.383 e. The first-order valence-corrected chi connectivity index (χ1v) is 5.32. The largest absolute Gasteiger partial charge is 0.414 e. The Kier molecular flexibility index (Phi) is 4.53. The molecule has 2 nitrogen and oxygen atoms in total. The van der Waals surface area contributed by atoms with Crippen LogP contribution in [0.5, 0.6) is 0 Å². The molecule has 0 amide bonds. The van der Waals surface area contributed by atoms with Crippen molar-refractivity contribution in [3.63, 3.8) is 0 Å². The number of ketones is 1. The number of hydrogen-bond acceptors (Lipinski definition) is 2. The number of benzene rings is 1. The van der Waals surface area contributed by atoms with Gasteiger partial charge in [-0.05, 0) is 17.7 Å². The summed E-state index contributed by atoms with van der Waals surface area (Å²) in [4.78, 5) is 11.7. The van der Waals surface area contributed by atoms with Crippen molar-refractivity contribution in [3.8, 4) is 0 Å². The Bertz CT molecular complexity index is 469. The lowest BCUT2D eigenvalue weighted by molar-refractivity contribution is -0.202. The molecule has 0 aliphatic carbocycles. The van der Waals surface area contributed by atoms with Crippen LogP contribution in [0.2, 0.25) is 5.02 Å². The van der Waals surface area contributed by atoms with Crippen LogP contribution in [0.15, 0.2) is 36.4 Å². The fourth-order valence-corrected chi connectivity index (χ4v) is 1.47. The van der Waals surface area contributed by atoms with Gasteiger partial charge in [0.25, 0.3) is 0 Å². The van der Waals surface area contributed by atoms with E-state index >= 15 is 0 Å². The van der Waals surface area contributed by atoms with Gasteiger partial charge in [-0.25, -0.2) is 0 Å². The number of aliphatic hydroxyl groups excluding tert-OH is 1. The van der Waals surface area contributed by atoms with Gasteiger partial charge in [0, 0.05) is 17.0 Å². The zero-order valence-electron chi connectivity index (χ0n) is 9.17. The molecule has 0 saturated carbocycles. The zero-order chi connectivity index (χ0) is 13.9. The number of hydrogen-bond donors (Lipinski definition) is 1. The Morgan fingerprint density at radius 3 is 2.56 bits per heavy atom. The highest BCUT2D eigenvalue weighted by molar-refractivity contribution is 6.31. The summed E-state index contributed by atoms with van der Waals surface area (Å²) in [6.45, 7) is 3.26. The maximum Gasteiger partial charge on any atom is 0.414 e. The van der Waals surface area contributed by atoms with Gasteiger partial charge in [0.2, 0.25) is 0 Å². The quantitative estimate of drug-likeness (QED) is 0.677. The molecule has 1 aromatic carbocycles. The molecule has 1 rings (SSSR count). The van der Waals surface area contributed by atoms with Crippen molar-refractivity contribution in [2.24, 2.45) is 0 Å². The molecule has 0 aliphatic heterocycles. The molecule has 98 valence electrons. The topological polar surface area (TPSA) is 37.3 Å². The van der Waals surface area contributed by atoms with E-state index in [-0.39, 0.29) is 11.1 Å². The van der Waals surface area contributed by atoms with Crippen molar-refractivity contribution >= 4 is 17.4 Å². The highest BCUT2D eigenvalue weighted by Gasteiger charge is 2.38. The highest BCUT2D eigenvalue weighted by atomic mass is 35.5. The third-order valence-electron chi connectivity index (χ3n) is 2.23. The number of rotatable bonds is 4. The lowest BCUT2D eigenvalue weighted by Gasteiger charge is -2.15. The van der Waals surface area contributed by atoms with Crippen LogP contribution in [-0.2, 0) is 0 Å². The van der Waals surface area contributed by atoms with Crippen LogP contribution in [0.1, 0.15) is 16.8 Å². The Morgan fingerprint density at radius 1 is 1.44 bits per heavy atom. The summed E-state index contributed by atoms with van der Waals surface area (Å²) in [5.74, 6) is -0.666. The van der Waals surface area contributed by atoms with E-state index in [0.29, 0.717) is 5.02 Å². The maximum atomic E-state index is 12.1. The fraction of sp³-hybridized carbons (Fsp3) is 0.250. The van der Waals surface area contributed by atoms with Crippen LogP contribution >= 0.6 is 11.6 Å². The number of carbonyl (C=O) groups is 1. The first kappa shape index (κ1) is 14.7. The molecule has 0 aromatic heterocycles. The molecule has 0 fully saturated rings. The van der Waals surface area contributed by atoms with Gasteiger partial charge in [-0.15, -0.1) is 0 Å². The monoisotopic (exact) mass is 278 g/mol. The second kappa shape index (κ2) is 5.54. The van der Waals surface area contributed by atoms with Crippen LogP contribution in [0.25, 0.3) is 0 Å². The van der Waals surface area contributed by atoms with E-state index in [4.69, 9.17) is 16.7 Å². The lowest BCUT2D eigenvalue weighted by Crippen LogP contribution is -2.29. The van der Waals surface area contributed by atoms with Crippen LogP contribution in [0.3, 0.4) is 0 Å². The second-order valence-electron chi connectivity index (χ2n) is 3.70. The fourth-order valence-electron chi connectivity index (χ4n) is 1.28. The molecule has 18 heavy (non-hydrogen) atoms. The van der Waals surface area contributed by atoms with Gasteiger partial charge in [0.05, 0.1) is 0 Å².